The van der Waals surface area contributed by atoms with Crippen LogP contribution in [-0.4, -0.2) is 21.1 Å². The maximum absolute atomic E-state index is 13.1. The largest absolute Gasteiger partial charge is 0.337 e. The lowest BCUT2D eigenvalue weighted by molar-refractivity contribution is 0.0945. The Labute approximate surface area is 169 Å². The van der Waals surface area contributed by atoms with Crippen molar-refractivity contribution >= 4 is 48.1 Å². The summed E-state index contributed by atoms with van der Waals surface area (Å²) >= 11 is 3.24. The molecule has 0 aliphatic rings. The van der Waals surface area contributed by atoms with Gasteiger partial charge in [0.25, 0.3) is 5.91 Å². The van der Waals surface area contributed by atoms with E-state index >= 15 is 0 Å². The molecule has 1 atom stereocenters. The van der Waals surface area contributed by atoms with Gasteiger partial charge in [0.1, 0.15) is 11.9 Å². The summed E-state index contributed by atoms with van der Waals surface area (Å²) < 4.78 is 3.55. The molecule has 3 heterocycles. The lowest BCUT2D eigenvalue weighted by Gasteiger charge is -2.15. The van der Waals surface area contributed by atoms with Crippen LogP contribution in [0, 0.1) is 6.92 Å². The molecular weight excluding hydrogens is 388 g/mol. The first-order valence-electron chi connectivity index (χ1n) is 8.85. The van der Waals surface area contributed by atoms with Crippen molar-refractivity contribution in [2.24, 2.45) is 0 Å². The molecular formula is C21H16N4OS2. The molecule has 0 radical (unpaired) electrons. The fourth-order valence-corrected chi connectivity index (χ4v) is 5.67. The van der Waals surface area contributed by atoms with Crippen molar-refractivity contribution in [3.05, 3.63) is 82.8 Å². The Hall–Kier alpha value is -3.03. The zero-order valence-corrected chi connectivity index (χ0v) is 16.6. The Morgan fingerprint density at radius 3 is 2.61 bits per heavy atom. The van der Waals surface area contributed by atoms with Crippen molar-refractivity contribution in [3.63, 3.8) is 0 Å². The third-order valence-corrected chi connectivity index (χ3v) is 6.97. The number of hydrogen-bond acceptors (Lipinski definition) is 5. The van der Waals surface area contributed by atoms with Gasteiger partial charge in [-0.25, -0.2) is 4.98 Å². The standard InChI is InChI=1S/C21H16N4OS2/c1-12-22-20(25-24-12)18(13-7-3-2-4-8-13)23-21(26)17-11-16-19(28-17)14-9-5-6-10-15(14)27-16/h2-11,18H,1H3,(H,23,26)(H,22,24,25). The molecule has 5 aromatic rings. The number of nitrogens with one attached hydrogen (secondary N) is 2. The summed E-state index contributed by atoms with van der Waals surface area (Å²) in [5.74, 6) is 1.16. The van der Waals surface area contributed by atoms with Gasteiger partial charge in [-0.3, -0.25) is 9.89 Å². The molecule has 0 saturated carbocycles. The molecule has 2 N–H and O–H groups in total. The molecule has 7 heteroatoms. The van der Waals surface area contributed by atoms with E-state index in [-0.39, 0.29) is 5.91 Å². The summed E-state index contributed by atoms with van der Waals surface area (Å²) in [5, 5.41) is 11.4. The minimum atomic E-state index is -0.407. The Kier molecular flexibility index (Phi) is 4.18. The fourth-order valence-electron chi connectivity index (χ4n) is 3.25. The number of aryl methyl sites for hydroxylation is 1. The van der Waals surface area contributed by atoms with Crippen molar-refractivity contribution in [1.82, 2.24) is 20.5 Å². The molecule has 138 valence electrons. The van der Waals surface area contributed by atoms with Gasteiger partial charge in [0, 0.05) is 14.8 Å². The fraction of sp³-hybridized carbons (Fsp3) is 0.0952. The van der Waals surface area contributed by atoms with Gasteiger partial charge in [0.05, 0.1) is 9.58 Å². The first kappa shape index (κ1) is 17.1. The second-order valence-electron chi connectivity index (χ2n) is 6.50. The summed E-state index contributed by atoms with van der Waals surface area (Å²) in [6.07, 6.45) is 0. The van der Waals surface area contributed by atoms with E-state index in [1.807, 2.05) is 55.5 Å². The van der Waals surface area contributed by atoms with Gasteiger partial charge in [-0.2, -0.15) is 5.10 Å². The number of benzene rings is 2. The summed E-state index contributed by atoms with van der Waals surface area (Å²) in [5.41, 5.74) is 0.943. The Balaban J connectivity index is 1.50. The number of aromatic nitrogens is 3. The van der Waals surface area contributed by atoms with Crippen LogP contribution in [0.3, 0.4) is 0 Å². The normalized spacial score (nSPS) is 12.5. The van der Waals surface area contributed by atoms with E-state index in [1.165, 1.54) is 21.4 Å². The van der Waals surface area contributed by atoms with Gasteiger partial charge in [-0.05, 0) is 24.6 Å². The molecule has 5 nitrogen and oxygen atoms in total. The van der Waals surface area contributed by atoms with E-state index in [0.29, 0.717) is 16.5 Å². The molecule has 1 amide bonds. The SMILES string of the molecule is Cc1nc(C(NC(=O)c2cc3sc4ccccc4c3s2)c2ccccc2)n[nH]1. The molecule has 2 aromatic carbocycles. The molecule has 0 bridgehead atoms. The van der Waals surface area contributed by atoms with Crippen LogP contribution in [0.4, 0.5) is 0 Å². The van der Waals surface area contributed by atoms with E-state index < -0.39 is 6.04 Å². The molecule has 0 aliphatic heterocycles. The monoisotopic (exact) mass is 404 g/mol. The average molecular weight is 405 g/mol. The number of amides is 1. The van der Waals surface area contributed by atoms with Crippen LogP contribution in [0.1, 0.15) is 32.9 Å². The molecule has 0 saturated heterocycles. The number of carbonyl (C=O) groups excluding carboxylic acids is 1. The molecule has 5 rings (SSSR count). The van der Waals surface area contributed by atoms with Crippen LogP contribution >= 0.6 is 22.7 Å². The predicted molar refractivity (Wildman–Crippen MR) is 114 cm³/mol. The van der Waals surface area contributed by atoms with E-state index in [2.05, 4.69) is 32.6 Å². The third-order valence-electron chi connectivity index (χ3n) is 4.55. The highest BCUT2D eigenvalue weighted by Gasteiger charge is 2.23. The molecule has 28 heavy (non-hydrogen) atoms. The minimum absolute atomic E-state index is 0.117. The van der Waals surface area contributed by atoms with E-state index in [0.717, 1.165) is 15.0 Å². The van der Waals surface area contributed by atoms with Crippen molar-refractivity contribution in [2.75, 3.05) is 0 Å². The number of aromatic amines is 1. The zero-order valence-electron chi connectivity index (χ0n) is 15.0. The number of fused-ring (bicyclic) bond motifs is 3. The van der Waals surface area contributed by atoms with Crippen molar-refractivity contribution in [1.29, 1.82) is 0 Å². The van der Waals surface area contributed by atoms with Crippen LogP contribution in [-0.2, 0) is 0 Å². The quantitative estimate of drug-likeness (QED) is 0.440. The Bertz CT molecular complexity index is 1290. The average Bonchev–Trinajstić information content (AvgIpc) is 3.41. The molecule has 3 aromatic heterocycles. The van der Waals surface area contributed by atoms with Crippen molar-refractivity contribution in [2.45, 2.75) is 13.0 Å². The maximum Gasteiger partial charge on any atom is 0.262 e. The topological polar surface area (TPSA) is 70.7 Å². The smallest absolute Gasteiger partial charge is 0.262 e. The van der Waals surface area contributed by atoms with Gasteiger partial charge < -0.3 is 5.32 Å². The summed E-state index contributed by atoms with van der Waals surface area (Å²) in [7, 11) is 0. The lowest BCUT2D eigenvalue weighted by atomic mass is 10.1. The summed E-state index contributed by atoms with van der Waals surface area (Å²) in [6.45, 7) is 1.85. The first-order valence-corrected chi connectivity index (χ1v) is 10.5. The van der Waals surface area contributed by atoms with Crippen LogP contribution in [0.15, 0.2) is 60.7 Å². The highest BCUT2D eigenvalue weighted by molar-refractivity contribution is 7.33. The summed E-state index contributed by atoms with van der Waals surface area (Å²) in [4.78, 5) is 18.2. The number of carbonyl (C=O) groups is 1. The third kappa shape index (κ3) is 2.98. The molecule has 0 spiro atoms. The lowest BCUT2D eigenvalue weighted by Crippen LogP contribution is -2.29. The highest BCUT2D eigenvalue weighted by atomic mass is 32.1. The Morgan fingerprint density at radius 2 is 1.82 bits per heavy atom. The predicted octanol–water partition coefficient (Wildman–Crippen LogP) is 5.06. The molecule has 1 unspecified atom stereocenters. The van der Waals surface area contributed by atoms with Crippen LogP contribution < -0.4 is 5.32 Å². The van der Waals surface area contributed by atoms with Gasteiger partial charge in [0.2, 0.25) is 0 Å². The number of nitrogens with zero attached hydrogens (tertiary/aromatic N) is 2. The van der Waals surface area contributed by atoms with Crippen molar-refractivity contribution < 1.29 is 4.79 Å². The Morgan fingerprint density at radius 1 is 1.04 bits per heavy atom. The number of thiophene rings is 2. The van der Waals surface area contributed by atoms with E-state index in [4.69, 9.17) is 0 Å². The second-order valence-corrected chi connectivity index (χ2v) is 8.63. The summed E-state index contributed by atoms with van der Waals surface area (Å²) in [6, 6.07) is 19.6. The highest BCUT2D eigenvalue weighted by Crippen LogP contribution is 2.39. The van der Waals surface area contributed by atoms with E-state index in [9.17, 15) is 4.79 Å². The van der Waals surface area contributed by atoms with Crippen LogP contribution in [0.5, 0.6) is 0 Å². The minimum Gasteiger partial charge on any atom is -0.337 e. The number of rotatable bonds is 4. The molecule has 0 fully saturated rings. The van der Waals surface area contributed by atoms with Gasteiger partial charge in [-0.1, -0.05) is 48.5 Å². The molecule has 0 aliphatic carbocycles. The van der Waals surface area contributed by atoms with Crippen molar-refractivity contribution in [3.8, 4) is 0 Å². The number of hydrogen-bond donors (Lipinski definition) is 2. The van der Waals surface area contributed by atoms with Crippen LogP contribution in [0.25, 0.3) is 19.5 Å². The zero-order chi connectivity index (χ0) is 19.1. The number of H-pyrrole nitrogens is 1. The maximum atomic E-state index is 13.1. The second kappa shape index (κ2) is 6.85. The van der Waals surface area contributed by atoms with Gasteiger partial charge in [-0.15, -0.1) is 22.7 Å². The van der Waals surface area contributed by atoms with Gasteiger partial charge >= 0.3 is 0 Å². The van der Waals surface area contributed by atoms with Gasteiger partial charge in [0.15, 0.2) is 5.82 Å². The van der Waals surface area contributed by atoms with E-state index in [1.54, 1.807) is 11.3 Å². The first-order chi connectivity index (χ1) is 13.7. The van der Waals surface area contributed by atoms with Crippen LogP contribution in [0.2, 0.25) is 0 Å².